The van der Waals surface area contributed by atoms with Crippen LogP contribution in [0.15, 0.2) is 52.6 Å². The largest absolute Gasteiger partial charge is 0.465 e. The zero-order valence-corrected chi connectivity index (χ0v) is 23.3. The molecule has 1 aromatic carbocycles. The van der Waals surface area contributed by atoms with Crippen molar-refractivity contribution in [3.8, 4) is 29.9 Å². The third-order valence-corrected chi connectivity index (χ3v) is 7.84. The van der Waals surface area contributed by atoms with E-state index >= 15 is 4.39 Å². The number of hydrogen-bond donors (Lipinski definition) is 1. The molecule has 5 rings (SSSR count). The molecular weight excluding hydrogens is 473 g/mol. The van der Waals surface area contributed by atoms with Gasteiger partial charge in [0.1, 0.15) is 11.6 Å². The van der Waals surface area contributed by atoms with E-state index in [1.807, 2.05) is 19.9 Å². The number of aliphatic imine (C=N–C) groups is 1. The smallest absolute Gasteiger partial charge is 0.173 e. The summed E-state index contributed by atoms with van der Waals surface area (Å²) in [7, 11) is 0. The molecule has 0 aliphatic carbocycles. The monoisotopic (exact) mass is 513 g/mol. The van der Waals surface area contributed by atoms with Gasteiger partial charge in [-0.05, 0) is 86.1 Å². The van der Waals surface area contributed by atoms with Gasteiger partial charge in [-0.3, -0.25) is 4.99 Å². The summed E-state index contributed by atoms with van der Waals surface area (Å²) in [5.74, 6) is 10.6. The van der Waals surface area contributed by atoms with E-state index in [0.717, 1.165) is 80.1 Å². The lowest BCUT2D eigenvalue weighted by Crippen LogP contribution is -2.53. The van der Waals surface area contributed by atoms with Crippen molar-refractivity contribution in [1.29, 1.82) is 0 Å². The van der Waals surface area contributed by atoms with Crippen LogP contribution in [0.25, 0.3) is 0 Å². The molecule has 0 bridgehead atoms. The van der Waals surface area contributed by atoms with Crippen LogP contribution in [0.2, 0.25) is 0 Å². The first kappa shape index (κ1) is 27.6. The zero-order valence-electron chi connectivity index (χ0n) is 23.3. The van der Waals surface area contributed by atoms with Crippen LogP contribution in [0, 0.1) is 35.5 Å². The summed E-state index contributed by atoms with van der Waals surface area (Å²) in [6.07, 6.45) is 16.4. The second-order valence-corrected chi connectivity index (χ2v) is 10.1. The number of terminal acetylenes is 1. The molecule has 5 heteroatoms. The van der Waals surface area contributed by atoms with Crippen LogP contribution in [-0.4, -0.2) is 36.9 Å². The predicted molar refractivity (Wildman–Crippen MR) is 155 cm³/mol. The Hall–Kier alpha value is -3.44. The van der Waals surface area contributed by atoms with E-state index < -0.39 is 11.2 Å². The van der Waals surface area contributed by atoms with Crippen LogP contribution < -0.4 is 10.1 Å². The van der Waals surface area contributed by atoms with Crippen molar-refractivity contribution in [3.63, 3.8) is 0 Å². The van der Waals surface area contributed by atoms with Crippen molar-refractivity contribution in [2.45, 2.75) is 66.2 Å². The average Bonchev–Trinajstić information content (AvgIpc) is 3.44. The minimum absolute atomic E-state index is 0.368. The number of halogens is 1. The SMILES string of the molecule is C#C/C(F)=C(/CCc1cc(C#CCCC)cc2c1OC=CC2)C1(C)C2=CNCCC2CN2CCN=C21.CC. The maximum atomic E-state index is 15.6. The summed E-state index contributed by atoms with van der Waals surface area (Å²) in [5.41, 5.74) is 4.31. The highest BCUT2D eigenvalue weighted by molar-refractivity contribution is 5.96. The van der Waals surface area contributed by atoms with E-state index in [4.69, 9.17) is 16.2 Å². The molecule has 0 saturated carbocycles. The Bertz CT molecular complexity index is 1270. The number of allylic oxidation sites excluding steroid dienone is 2. The minimum Gasteiger partial charge on any atom is -0.465 e. The fourth-order valence-corrected chi connectivity index (χ4v) is 6.12. The number of aryl methyl sites for hydroxylation is 1. The zero-order chi connectivity index (χ0) is 27.1. The van der Waals surface area contributed by atoms with Gasteiger partial charge in [-0.25, -0.2) is 0 Å². The van der Waals surface area contributed by atoms with Crippen molar-refractivity contribution in [1.82, 2.24) is 10.2 Å². The Morgan fingerprint density at radius 1 is 1.34 bits per heavy atom. The molecular formula is C33H40FN3O. The van der Waals surface area contributed by atoms with Crippen LogP contribution in [0.4, 0.5) is 4.39 Å². The van der Waals surface area contributed by atoms with E-state index in [1.165, 1.54) is 5.57 Å². The molecule has 38 heavy (non-hydrogen) atoms. The van der Waals surface area contributed by atoms with E-state index in [-0.39, 0.29) is 0 Å². The molecule has 4 aliphatic heterocycles. The summed E-state index contributed by atoms with van der Waals surface area (Å²) in [6, 6.07) is 4.21. The number of hydrogen-bond acceptors (Lipinski definition) is 4. The maximum absolute atomic E-state index is 15.6. The number of piperidine rings is 1. The second kappa shape index (κ2) is 12.4. The lowest BCUT2D eigenvalue weighted by Gasteiger charge is -2.49. The molecule has 1 aromatic rings. The molecule has 1 N–H and O–H groups in total. The highest BCUT2D eigenvalue weighted by Gasteiger charge is 2.50. The Morgan fingerprint density at radius 2 is 2.18 bits per heavy atom. The second-order valence-electron chi connectivity index (χ2n) is 10.1. The number of benzene rings is 1. The van der Waals surface area contributed by atoms with Crippen LogP contribution in [0.1, 0.15) is 70.1 Å². The first-order valence-corrected chi connectivity index (χ1v) is 14.1. The molecule has 0 aromatic heterocycles. The molecule has 4 nitrogen and oxygen atoms in total. The van der Waals surface area contributed by atoms with Gasteiger partial charge in [0.05, 0.1) is 18.2 Å². The van der Waals surface area contributed by atoms with Gasteiger partial charge in [0.15, 0.2) is 5.83 Å². The Labute approximate surface area is 228 Å². The van der Waals surface area contributed by atoms with Crippen molar-refractivity contribution >= 4 is 5.84 Å². The van der Waals surface area contributed by atoms with Crippen LogP contribution >= 0.6 is 0 Å². The van der Waals surface area contributed by atoms with Gasteiger partial charge in [-0.15, -0.1) is 6.42 Å². The molecule has 0 spiro atoms. The van der Waals surface area contributed by atoms with Gasteiger partial charge in [0, 0.05) is 43.1 Å². The van der Waals surface area contributed by atoms with Crippen molar-refractivity contribution < 1.29 is 9.13 Å². The Kier molecular flexibility index (Phi) is 9.01. The first-order valence-electron chi connectivity index (χ1n) is 14.1. The fraction of sp³-hybridized carbons (Fsp3) is 0.485. The van der Waals surface area contributed by atoms with Gasteiger partial charge >= 0.3 is 0 Å². The van der Waals surface area contributed by atoms with Crippen molar-refractivity contribution in [2.75, 3.05) is 26.2 Å². The number of nitrogens with zero attached hydrogens (tertiary/aromatic N) is 2. The standard InChI is InChI=1S/C31H34FN3O.C2H6/c1-4-6-7-9-22-18-23-10-8-17-36-29(23)24(19-22)11-12-26(28(32)5-2)31(3)27-20-33-14-13-25(27)21-35-16-15-34-30(31)35;1-2/h2,8,17-20,25,33H,4,6,10-16,21H2,1,3H3;1-2H3/b28-26+;. The third kappa shape index (κ3) is 5.25. The quantitative estimate of drug-likeness (QED) is 0.468. The Balaban J connectivity index is 0.00000164. The summed E-state index contributed by atoms with van der Waals surface area (Å²) < 4.78 is 21.6. The highest BCUT2D eigenvalue weighted by Crippen LogP contribution is 2.50. The van der Waals surface area contributed by atoms with Gasteiger partial charge in [0.2, 0.25) is 0 Å². The number of unbranched alkanes of at least 4 members (excludes halogenated alkanes) is 1. The molecule has 1 fully saturated rings. The van der Waals surface area contributed by atoms with E-state index in [9.17, 15) is 0 Å². The topological polar surface area (TPSA) is 36.9 Å². The maximum Gasteiger partial charge on any atom is 0.173 e. The third-order valence-electron chi connectivity index (χ3n) is 7.84. The molecule has 4 heterocycles. The Morgan fingerprint density at radius 3 is 2.97 bits per heavy atom. The van der Waals surface area contributed by atoms with Gasteiger partial charge in [-0.2, -0.15) is 4.39 Å². The summed E-state index contributed by atoms with van der Waals surface area (Å²) in [4.78, 5) is 7.22. The molecule has 0 amide bonds. The molecule has 2 unspecified atom stereocenters. The fourth-order valence-electron chi connectivity index (χ4n) is 6.12. The number of fused-ring (bicyclic) bond motifs is 3. The number of nitrogens with one attached hydrogen (secondary N) is 1. The summed E-state index contributed by atoms with van der Waals surface area (Å²) in [5, 5.41) is 3.40. The molecule has 2 atom stereocenters. The van der Waals surface area contributed by atoms with E-state index in [1.54, 1.807) is 6.26 Å². The predicted octanol–water partition coefficient (Wildman–Crippen LogP) is 6.33. The van der Waals surface area contributed by atoms with Crippen LogP contribution in [-0.2, 0) is 12.8 Å². The molecule has 200 valence electrons. The van der Waals surface area contributed by atoms with Crippen molar-refractivity contribution in [2.24, 2.45) is 16.3 Å². The van der Waals surface area contributed by atoms with Gasteiger partial charge in [0.25, 0.3) is 0 Å². The molecule has 0 radical (unpaired) electrons. The van der Waals surface area contributed by atoms with E-state index in [2.05, 4.69) is 60.2 Å². The highest BCUT2D eigenvalue weighted by atomic mass is 19.1. The summed E-state index contributed by atoms with van der Waals surface area (Å²) in [6.45, 7) is 11.8. The minimum atomic E-state index is -0.664. The number of amidine groups is 1. The molecule has 1 saturated heterocycles. The molecule has 4 aliphatic rings. The number of ether oxygens (including phenoxy) is 1. The van der Waals surface area contributed by atoms with Crippen LogP contribution in [0.5, 0.6) is 5.75 Å². The van der Waals surface area contributed by atoms with Gasteiger partial charge in [-0.1, -0.05) is 32.6 Å². The van der Waals surface area contributed by atoms with Crippen LogP contribution in [0.3, 0.4) is 0 Å². The average molecular weight is 514 g/mol. The van der Waals surface area contributed by atoms with Gasteiger partial charge < -0.3 is 15.0 Å². The van der Waals surface area contributed by atoms with E-state index in [0.29, 0.717) is 24.3 Å². The normalized spacial score (nSPS) is 23.3. The first-order chi connectivity index (χ1) is 18.6. The number of rotatable bonds is 5. The van der Waals surface area contributed by atoms with Crippen molar-refractivity contribution in [3.05, 3.63) is 64.3 Å². The summed E-state index contributed by atoms with van der Waals surface area (Å²) >= 11 is 0. The lowest BCUT2D eigenvalue weighted by atomic mass is 9.64. The lowest BCUT2D eigenvalue weighted by molar-refractivity contribution is 0.280.